The fraction of sp³-hybridized carbons (Fsp3) is 0.500. The average molecular weight is 307 g/mol. The number of rotatable bonds is 3. The van der Waals surface area contributed by atoms with Gasteiger partial charge in [-0.15, -0.1) is 11.3 Å². The topological polar surface area (TPSA) is 46.3 Å². The second-order valence-corrected chi connectivity index (χ2v) is 6.54. The molecule has 88 valence electrons. The highest BCUT2D eigenvalue weighted by molar-refractivity contribution is 9.11. The first-order chi connectivity index (χ1) is 7.49. The molecule has 1 saturated heterocycles. The van der Waals surface area contributed by atoms with Gasteiger partial charge >= 0.3 is 0 Å². The number of nitrogens with two attached hydrogens (primary N) is 1. The zero-order valence-corrected chi connectivity index (χ0v) is 11.0. The highest BCUT2D eigenvalue weighted by Crippen LogP contribution is 2.29. The molecule has 0 bridgehead atoms. The van der Waals surface area contributed by atoms with Gasteiger partial charge in [-0.2, -0.15) is 0 Å². The third-order valence-electron chi connectivity index (χ3n) is 2.75. The van der Waals surface area contributed by atoms with Crippen LogP contribution in [-0.2, 0) is 11.3 Å². The first-order valence-electron chi connectivity index (χ1n) is 4.95. The van der Waals surface area contributed by atoms with E-state index >= 15 is 0 Å². The van der Waals surface area contributed by atoms with E-state index in [9.17, 15) is 9.18 Å². The lowest BCUT2D eigenvalue weighted by Gasteiger charge is -2.17. The number of thiophene rings is 1. The van der Waals surface area contributed by atoms with Gasteiger partial charge in [0, 0.05) is 30.9 Å². The summed E-state index contributed by atoms with van der Waals surface area (Å²) in [5.41, 5.74) is 3.21. The molecule has 1 aromatic heterocycles. The smallest absolute Gasteiger partial charge is 0.256 e. The summed E-state index contributed by atoms with van der Waals surface area (Å²) >= 11 is 5.00. The first kappa shape index (κ1) is 12.0. The van der Waals surface area contributed by atoms with Gasteiger partial charge < -0.3 is 5.73 Å². The molecule has 1 aliphatic heterocycles. The zero-order valence-electron chi connectivity index (χ0n) is 8.58. The van der Waals surface area contributed by atoms with Crippen LogP contribution in [0.2, 0.25) is 0 Å². The minimum atomic E-state index is -1.84. The summed E-state index contributed by atoms with van der Waals surface area (Å²) in [6.45, 7) is 1.36. The van der Waals surface area contributed by atoms with Gasteiger partial charge in [-0.1, -0.05) is 0 Å². The van der Waals surface area contributed by atoms with Crippen molar-refractivity contribution in [1.82, 2.24) is 4.90 Å². The van der Waals surface area contributed by atoms with Crippen LogP contribution < -0.4 is 5.73 Å². The number of nitrogens with zero attached hydrogens (tertiary/aromatic N) is 1. The van der Waals surface area contributed by atoms with Crippen molar-refractivity contribution in [1.29, 1.82) is 0 Å². The van der Waals surface area contributed by atoms with Crippen LogP contribution in [-0.4, -0.2) is 29.6 Å². The Balaban J connectivity index is 1.97. The second kappa shape index (κ2) is 4.43. The molecule has 1 atom stereocenters. The van der Waals surface area contributed by atoms with Gasteiger partial charge in [-0.05, 0) is 28.1 Å². The van der Waals surface area contributed by atoms with E-state index in [0.29, 0.717) is 13.1 Å². The minimum absolute atomic E-state index is 0.109. The molecule has 0 aromatic carbocycles. The molecule has 1 fully saturated rings. The number of halogens is 2. The van der Waals surface area contributed by atoms with Crippen LogP contribution in [0, 0.1) is 0 Å². The monoisotopic (exact) mass is 306 g/mol. The van der Waals surface area contributed by atoms with Gasteiger partial charge in [0.25, 0.3) is 5.91 Å². The predicted octanol–water partition coefficient (Wildman–Crippen LogP) is 1.91. The van der Waals surface area contributed by atoms with Gasteiger partial charge in [0.05, 0.1) is 3.79 Å². The molecule has 1 unspecified atom stereocenters. The Hall–Kier alpha value is -0.460. The van der Waals surface area contributed by atoms with Crippen molar-refractivity contribution in [3.8, 4) is 0 Å². The quantitative estimate of drug-likeness (QED) is 0.927. The number of carbonyl (C=O) groups excluding carboxylic acids is 1. The summed E-state index contributed by atoms with van der Waals surface area (Å²) in [6.07, 6.45) is 0.203. The van der Waals surface area contributed by atoms with E-state index in [0.717, 1.165) is 8.66 Å². The van der Waals surface area contributed by atoms with Gasteiger partial charge in [0.15, 0.2) is 0 Å². The van der Waals surface area contributed by atoms with Gasteiger partial charge in [0.2, 0.25) is 5.67 Å². The summed E-state index contributed by atoms with van der Waals surface area (Å²) in [5.74, 6) is -0.845. The number of hydrogen-bond acceptors (Lipinski definition) is 3. The summed E-state index contributed by atoms with van der Waals surface area (Å²) in [4.78, 5) is 14.0. The molecule has 3 nitrogen and oxygen atoms in total. The van der Waals surface area contributed by atoms with E-state index in [4.69, 9.17) is 5.73 Å². The Morgan fingerprint density at radius 2 is 2.44 bits per heavy atom. The summed E-state index contributed by atoms with van der Waals surface area (Å²) in [6, 6.07) is 3.96. The van der Waals surface area contributed by atoms with Crippen LogP contribution in [0.1, 0.15) is 11.3 Å². The standard InChI is InChI=1S/C10H12BrFN2OS/c11-8-2-1-7(16-8)5-14-4-3-10(12,6-14)9(13)15/h1-2H,3-6H2,(H2,13,15). The largest absolute Gasteiger partial charge is 0.367 e. The molecule has 1 aromatic rings. The first-order valence-corrected chi connectivity index (χ1v) is 6.56. The molecule has 0 saturated carbocycles. The second-order valence-electron chi connectivity index (χ2n) is 4.00. The van der Waals surface area contributed by atoms with Crippen molar-refractivity contribution in [3.63, 3.8) is 0 Å². The van der Waals surface area contributed by atoms with Crippen molar-refractivity contribution in [2.75, 3.05) is 13.1 Å². The van der Waals surface area contributed by atoms with Crippen molar-refractivity contribution in [2.24, 2.45) is 5.73 Å². The molecule has 0 spiro atoms. The SMILES string of the molecule is NC(=O)C1(F)CCN(Cc2ccc(Br)s2)C1. The summed E-state index contributed by atoms with van der Waals surface area (Å²) < 4.78 is 14.9. The van der Waals surface area contributed by atoms with Gasteiger partial charge in [-0.25, -0.2) is 4.39 Å². The Morgan fingerprint density at radius 3 is 2.94 bits per heavy atom. The number of primary amides is 1. The Kier molecular flexibility index (Phi) is 3.32. The molecule has 0 radical (unpaired) electrons. The van der Waals surface area contributed by atoms with E-state index in [1.54, 1.807) is 11.3 Å². The number of hydrogen-bond donors (Lipinski definition) is 1. The highest BCUT2D eigenvalue weighted by atomic mass is 79.9. The molecule has 16 heavy (non-hydrogen) atoms. The molecular weight excluding hydrogens is 295 g/mol. The lowest BCUT2D eigenvalue weighted by atomic mass is 10.1. The fourth-order valence-electron chi connectivity index (χ4n) is 1.84. The highest BCUT2D eigenvalue weighted by Gasteiger charge is 2.43. The third-order valence-corrected chi connectivity index (χ3v) is 4.36. The number of likely N-dealkylation sites (tertiary alicyclic amines) is 1. The van der Waals surface area contributed by atoms with Crippen LogP contribution >= 0.6 is 27.3 Å². The van der Waals surface area contributed by atoms with Crippen LogP contribution in [0.5, 0.6) is 0 Å². The van der Waals surface area contributed by atoms with Crippen molar-refractivity contribution in [2.45, 2.75) is 18.6 Å². The van der Waals surface area contributed by atoms with Crippen LogP contribution in [0.15, 0.2) is 15.9 Å². The summed E-state index contributed by atoms with van der Waals surface area (Å²) in [5, 5.41) is 0. The molecule has 6 heteroatoms. The van der Waals surface area contributed by atoms with Crippen LogP contribution in [0.25, 0.3) is 0 Å². The minimum Gasteiger partial charge on any atom is -0.367 e. The van der Waals surface area contributed by atoms with E-state index < -0.39 is 11.6 Å². The lowest BCUT2D eigenvalue weighted by Crippen LogP contribution is -2.42. The van der Waals surface area contributed by atoms with E-state index in [-0.39, 0.29) is 13.0 Å². The van der Waals surface area contributed by atoms with E-state index in [2.05, 4.69) is 15.9 Å². The molecule has 2 heterocycles. The van der Waals surface area contributed by atoms with Gasteiger partial charge in [-0.3, -0.25) is 9.69 Å². The Labute approximate surface area is 106 Å². The lowest BCUT2D eigenvalue weighted by molar-refractivity contribution is -0.128. The third kappa shape index (κ3) is 2.44. The normalized spacial score (nSPS) is 26.1. The predicted molar refractivity (Wildman–Crippen MR) is 64.9 cm³/mol. The van der Waals surface area contributed by atoms with E-state index in [1.807, 2.05) is 17.0 Å². The van der Waals surface area contributed by atoms with Crippen molar-refractivity contribution in [3.05, 3.63) is 20.8 Å². The number of carbonyl (C=O) groups is 1. The number of amides is 1. The molecule has 1 aliphatic rings. The Bertz CT molecular complexity index is 411. The van der Waals surface area contributed by atoms with E-state index in [1.165, 1.54) is 0 Å². The molecular formula is C10H12BrFN2OS. The number of alkyl halides is 1. The van der Waals surface area contributed by atoms with Crippen LogP contribution in [0.3, 0.4) is 0 Å². The Morgan fingerprint density at radius 1 is 1.69 bits per heavy atom. The maximum atomic E-state index is 13.9. The molecule has 0 aliphatic carbocycles. The van der Waals surface area contributed by atoms with Crippen LogP contribution in [0.4, 0.5) is 4.39 Å². The maximum absolute atomic E-state index is 13.9. The van der Waals surface area contributed by atoms with Gasteiger partial charge in [0.1, 0.15) is 0 Å². The fourth-order valence-corrected chi connectivity index (χ4v) is 3.37. The van der Waals surface area contributed by atoms with Crippen molar-refractivity contribution < 1.29 is 9.18 Å². The summed E-state index contributed by atoms with van der Waals surface area (Å²) in [7, 11) is 0. The molecule has 2 rings (SSSR count). The zero-order chi connectivity index (χ0) is 11.8. The molecule has 2 N–H and O–H groups in total. The molecule has 1 amide bonds. The average Bonchev–Trinajstić information content (AvgIpc) is 2.75. The van der Waals surface area contributed by atoms with Crippen molar-refractivity contribution >= 4 is 33.2 Å². The maximum Gasteiger partial charge on any atom is 0.256 e.